The van der Waals surface area contributed by atoms with Crippen molar-refractivity contribution in [2.75, 3.05) is 50.7 Å². The number of fused-ring (bicyclic) bond motifs is 1. The second kappa shape index (κ2) is 9.69. The van der Waals surface area contributed by atoms with Gasteiger partial charge >= 0.3 is 18.3 Å². The molecule has 186 valence electrons. The van der Waals surface area contributed by atoms with E-state index in [-0.39, 0.29) is 26.2 Å². The van der Waals surface area contributed by atoms with Crippen LogP contribution < -0.4 is 4.90 Å². The Balaban J connectivity index is 1.40. The van der Waals surface area contributed by atoms with Crippen molar-refractivity contribution in [2.45, 2.75) is 38.0 Å². The molecule has 3 saturated heterocycles. The Bertz CT molecular complexity index is 916. The number of alkyl halides is 3. The quantitative estimate of drug-likeness (QED) is 0.600. The summed E-state index contributed by atoms with van der Waals surface area (Å²) in [6.07, 6.45) is -4.09. The Morgan fingerprint density at radius 3 is 2.47 bits per heavy atom. The van der Waals surface area contributed by atoms with Gasteiger partial charge in [0, 0.05) is 51.0 Å². The van der Waals surface area contributed by atoms with Gasteiger partial charge in [0.2, 0.25) is 0 Å². The molecule has 3 heterocycles. The van der Waals surface area contributed by atoms with Gasteiger partial charge in [-0.2, -0.15) is 13.2 Å². The van der Waals surface area contributed by atoms with Crippen molar-refractivity contribution in [1.29, 1.82) is 0 Å². The Morgan fingerprint density at radius 2 is 1.79 bits per heavy atom. The number of hydroxylamine groups is 2. The summed E-state index contributed by atoms with van der Waals surface area (Å²) in [5.74, 6) is -0.623. The maximum atomic E-state index is 13.0. The van der Waals surface area contributed by atoms with Crippen molar-refractivity contribution in [2.24, 2.45) is 0 Å². The highest BCUT2D eigenvalue weighted by Gasteiger charge is 2.51. The van der Waals surface area contributed by atoms with E-state index in [0.29, 0.717) is 31.0 Å². The fourth-order valence-electron chi connectivity index (χ4n) is 4.79. The molecular formula is C22H28F3N5O4. The van der Waals surface area contributed by atoms with Crippen molar-refractivity contribution in [3.63, 3.8) is 0 Å². The zero-order valence-corrected chi connectivity index (χ0v) is 18.9. The van der Waals surface area contributed by atoms with Crippen LogP contribution in [0.5, 0.6) is 0 Å². The standard InChI is InChI=1S/C22H28F3N5O4/c1-2-6-17-13-26(15-22(23,24)25)9-11-28(17)21(33)34-30-19(31)18-14-27(10-12-29(18)20(30)32)16-7-4-3-5-8-16/h3-5,7-8,17-18H,2,6,9-15H2,1H3. The van der Waals surface area contributed by atoms with Crippen LogP contribution in [0.25, 0.3) is 0 Å². The Morgan fingerprint density at radius 1 is 1.06 bits per heavy atom. The van der Waals surface area contributed by atoms with E-state index in [0.717, 1.165) is 5.69 Å². The minimum atomic E-state index is -4.33. The van der Waals surface area contributed by atoms with Crippen LogP contribution in [0, 0.1) is 0 Å². The third-order valence-electron chi connectivity index (χ3n) is 6.40. The summed E-state index contributed by atoms with van der Waals surface area (Å²) < 4.78 is 38.4. The lowest BCUT2D eigenvalue weighted by molar-refractivity contribution is -0.158. The number of urea groups is 1. The van der Waals surface area contributed by atoms with Crippen LogP contribution in [0.4, 0.5) is 28.4 Å². The number of para-hydroxylation sites is 1. The van der Waals surface area contributed by atoms with Crippen LogP contribution in [-0.2, 0) is 9.63 Å². The number of nitrogens with zero attached hydrogens (tertiary/aromatic N) is 5. The molecule has 2 atom stereocenters. The highest BCUT2D eigenvalue weighted by atomic mass is 19.4. The number of anilines is 1. The number of benzene rings is 1. The van der Waals surface area contributed by atoms with Gasteiger partial charge in [0.25, 0.3) is 5.91 Å². The molecule has 0 aromatic heterocycles. The SMILES string of the molecule is CCCC1CN(CC(F)(F)F)CCN1C(=O)ON1C(=O)C2CN(c3ccccc3)CCN2C1=O. The summed E-state index contributed by atoms with van der Waals surface area (Å²) in [7, 11) is 0. The van der Waals surface area contributed by atoms with E-state index in [1.165, 1.54) is 14.7 Å². The number of amides is 4. The molecule has 3 aliphatic rings. The maximum Gasteiger partial charge on any atom is 0.435 e. The number of hydrogen-bond acceptors (Lipinski definition) is 6. The first kappa shape index (κ1) is 24.1. The lowest BCUT2D eigenvalue weighted by Crippen LogP contribution is -2.57. The van der Waals surface area contributed by atoms with E-state index in [1.54, 1.807) is 0 Å². The van der Waals surface area contributed by atoms with Crippen molar-refractivity contribution in [1.82, 2.24) is 19.8 Å². The molecule has 9 nitrogen and oxygen atoms in total. The second-order valence-corrected chi connectivity index (χ2v) is 8.75. The van der Waals surface area contributed by atoms with E-state index in [1.807, 2.05) is 42.2 Å². The van der Waals surface area contributed by atoms with Gasteiger partial charge < -0.3 is 19.5 Å². The van der Waals surface area contributed by atoms with Crippen LogP contribution >= 0.6 is 0 Å². The molecule has 0 spiro atoms. The minimum Gasteiger partial charge on any atom is -0.367 e. The molecule has 0 aliphatic carbocycles. The minimum absolute atomic E-state index is 0.0186. The Labute approximate surface area is 195 Å². The summed E-state index contributed by atoms with van der Waals surface area (Å²) in [6, 6.07) is 7.53. The predicted octanol–water partition coefficient (Wildman–Crippen LogP) is 2.54. The fraction of sp³-hybridized carbons (Fsp3) is 0.591. The van der Waals surface area contributed by atoms with Gasteiger partial charge in [-0.3, -0.25) is 9.69 Å². The fourth-order valence-corrected chi connectivity index (χ4v) is 4.79. The Hall–Kier alpha value is -3.02. The maximum absolute atomic E-state index is 13.0. The van der Waals surface area contributed by atoms with Crippen molar-refractivity contribution in [3.8, 4) is 0 Å². The van der Waals surface area contributed by atoms with Gasteiger partial charge in [-0.05, 0) is 18.6 Å². The molecule has 34 heavy (non-hydrogen) atoms. The topological polar surface area (TPSA) is 76.6 Å². The summed E-state index contributed by atoms with van der Waals surface area (Å²) in [6.45, 7) is 2.02. The Kier molecular flexibility index (Phi) is 6.87. The van der Waals surface area contributed by atoms with Crippen LogP contribution in [0.1, 0.15) is 19.8 Å². The summed E-state index contributed by atoms with van der Waals surface area (Å²) in [5.41, 5.74) is 0.928. The van der Waals surface area contributed by atoms with Crippen LogP contribution in [0.15, 0.2) is 30.3 Å². The van der Waals surface area contributed by atoms with Gasteiger partial charge in [-0.1, -0.05) is 36.6 Å². The zero-order chi connectivity index (χ0) is 24.5. The monoisotopic (exact) mass is 483 g/mol. The molecule has 1 aromatic carbocycles. The van der Waals surface area contributed by atoms with E-state index in [4.69, 9.17) is 4.84 Å². The van der Waals surface area contributed by atoms with Crippen LogP contribution in [0.3, 0.4) is 0 Å². The third-order valence-corrected chi connectivity index (χ3v) is 6.40. The number of imide groups is 1. The summed E-state index contributed by atoms with van der Waals surface area (Å²) in [4.78, 5) is 49.9. The first-order chi connectivity index (χ1) is 16.2. The predicted molar refractivity (Wildman–Crippen MR) is 116 cm³/mol. The van der Waals surface area contributed by atoms with Gasteiger partial charge in [0.05, 0.1) is 6.54 Å². The normalized spacial score (nSPS) is 24.0. The number of rotatable bonds is 5. The summed E-state index contributed by atoms with van der Waals surface area (Å²) in [5, 5.41) is 0.507. The number of carbonyl (C=O) groups is 3. The summed E-state index contributed by atoms with van der Waals surface area (Å²) >= 11 is 0. The first-order valence-electron chi connectivity index (χ1n) is 11.4. The van der Waals surface area contributed by atoms with Gasteiger partial charge in [-0.15, -0.1) is 0 Å². The van der Waals surface area contributed by atoms with Crippen molar-refractivity contribution in [3.05, 3.63) is 30.3 Å². The molecule has 0 radical (unpaired) electrons. The van der Waals surface area contributed by atoms with Gasteiger partial charge in [-0.25, -0.2) is 9.59 Å². The molecule has 3 fully saturated rings. The van der Waals surface area contributed by atoms with E-state index in [9.17, 15) is 27.6 Å². The average Bonchev–Trinajstić information content (AvgIpc) is 3.03. The highest BCUT2D eigenvalue weighted by molar-refractivity contribution is 6.04. The molecule has 1 aromatic rings. The zero-order valence-electron chi connectivity index (χ0n) is 18.9. The lowest BCUT2D eigenvalue weighted by Gasteiger charge is -2.41. The van der Waals surface area contributed by atoms with E-state index < -0.39 is 42.8 Å². The second-order valence-electron chi connectivity index (χ2n) is 8.75. The molecule has 4 amide bonds. The molecule has 0 bridgehead atoms. The number of carbonyl (C=O) groups excluding carboxylic acids is 3. The van der Waals surface area contributed by atoms with Gasteiger partial charge in [0.1, 0.15) is 6.04 Å². The molecule has 12 heteroatoms. The average molecular weight is 483 g/mol. The highest BCUT2D eigenvalue weighted by Crippen LogP contribution is 2.27. The number of piperazine rings is 2. The third kappa shape index (κ3) is 5.06. The molecular weight excluding hydrogens is 455 g/mol. The molecule has 0 N–H and O–H groups in total. The molecule has 4 rings (SSSR count). The number of halogens is 3. The van der Waals surface area contributed by atoms with Gasteiger partial charge in [0.15, 0.2) is 0 Å². The first-order valence-corrected chi connectivity index (χ1v) is 11.4. The van der Waals surface area contributed by atoms with Crippen LogP contribution in [-0.4, -0.2) is 102 Å². The lowest BCUT2D eigenvalue weighted by atomic mass is 10.1. The molecule has 3 aliphatic heterocycles. The number of hydrogen-bond donors (Lipinski definition) is 0. The largest absolute Gasteiger partial charge is 0.435 e. The van der Waals surface area contributed by atoms with E-state index in [2.05, 4.69) is 0 Å². The molecule has 2 unspecified atom stereocenters. The van der Waals surface area contributed by atoms with Crippen molar-refractivity contribution >= 4 is 23.7 Å². The molecule has 0 saturated carbocycles. The van der Waals surface area contributed by atoms with Crippen molar-refractivity contribution < 1.29 is 32.4 Å². The smallest absolute Gasteiger partial charge is 0.367 e. The van der Waals surface area contributed by atoms with E-state index >= 15 is 0 Å². The van der Waals surface area contributed by atoms with Crippen LogP contribution in [0.2, 0.25) is 0 Å².